The second kappa shape index (κ2) is 11.9. The lowest BCUT2D eigenvalue weighted by Gasteiger charge is -2.32. The Labute approximate surface area is 180 Å². The number of hydrogen-bond donors (Lipinski definition) is 2. The predicted molar refractivity (Wildman–Crippen MR) is 116 cm³/mol. The number of carbonyl (C=O) groups is 3. The van der Waals surface area contributed by atoms with E-state index < -0.39 is 36.5 Å². The predicted octanol–water partition coefficient (Wildman–Crippen LogP) is 3.46. The third-order valence-electron chi connectivity index (χ3n) is 4.29. The maximum Gasteiger partial charge on any atom is 0.323 e. The number of carboxylic acid groups (broad SMARTS) is 1. The lowest BCUT2D eigenvalue weighted by Crippen LogP contribution is -2.56. The summed E-state index contributed by atoms with van der Waals surface area (Å²) >= 11 is 3.34. The number of nitrogens with one attached hydrogen (secondary N) is 1. The Bertz CT molecular complexity index is 691. The number of halogens is 1. The Morgan fingerprint density at radius 2 is 1.72 bits per heavy atom. The van der Waals surface area contributed by atoms with Crippen LogP contribution in [0.25, 0.3) is 0 Å². The standard InChI is InChI=1S/C21H31BrN2O5/c1-6-29-21(28)17(11-13(2)3)23-19(14(4)5)20(27)24(12-18(25)26)16-9-7-15(22)8-10-16/h7-10,13-14,17,19,23H,6,11-12H2,1-5H3,(H,25,26)/t17-,19-/m0/s1. The smallest absolute Gasteiger partial charge is 0.323 e. The van der Waals surface area contributed by atoms with Crippen molar-refractivity contribution in [2.75, 3.05) is 18.1 Å². The van der Waals surface area contributed by atoms with Gasteiger partial charge in [-0.1, -0.05) is 43.6 Å². The van der Waals surface area contributed by atoms with Crippen LogP contribution in [0.4, 0.5) is 5.69 Å². The van der Waals surface area contributed by atoms with Crippen LogP contribution >= 0.6 is 15.9 Å². The van der Waals surface area contributed by atoms with Crippen molar-refractivity contribution in [3.8, 4) is 0 Å². The number of amides is 1. The largest absolute Gasteiger partial charge is 0.480 e. The molecule has 1 aromatic carbocycles. The SMILES string of the molecule is CCOC(=O)[C@H](CC(C)C)N[C@H](C(=O)N(CC(=O)O)c1ccc(Br)cc1)C(C)C. The van der Waals surface area contributed by atoms with Gasteiger partial charge in [-0.05, 0) is 49.4 Å². The lowest BCUT2D eigenvalue weighted by atomic mass is 9.97. The van der Waals surface area contributed by atoms with Crippen molar-refractivity contribution >= 4 is 39.5 Å². The molecule has 0 heterocycles. The minimum Gasteiger partial charge on any atom is -0.480 e. The van der Waals surface area contributed by atoms with Gasteiger partial charge in [-0.3, -0.25) is 24.6 Å². The van der Waals surface area contributed by atoms with Gasteiger partial charge in [0.25, 0.3) is 0 Å². The van der Waals surface area contributed by atoms with Crippen molar-refractivity contribution < 1.29 is 24.2 Å². The van der Waals surface area contributed by atoms with Crippen molar-refractivity contribution in [2.45, 2.75) is 53.1 Å². The maximum atomic E-state index is 13.3. The number of carboxylic acids is 1. The molecule has 2 N–H and O–H groups in total. The molecule has 0 radical (unpaired) electrons. The van der Waals surface area contributed by atoms with Gasteiger partial charge in [-0.15, -0.1) is 0 Å². The second-order valence-electron chi connectivity index (χ2n) is 7.62. The normalized spacial score (nSPS) is 13.2. The number of anilines is 1. The number of hydrogen-bond acceptors (Lipinski definition) is 5. The van der Waals surface area contributed by atoms with Gasteiger partial charge in [-0.2, -0.15) is 0 Å². The molecule has 8 heteroatoms. The molecule has 0 fully saturated rings. The Morgan fingerprint density at radius 3 is 2.17 bits per heavy atom. The van der Waals surface area contributed by atoms with Gasteiger partial charge in [0.1, 0.15) is 12.6 Å². The molecule has 0 spiro atoms. The van der Waals surface area contributed by atoms with E-state index in [0.717, 1.165) is 4.47 Å². The molecular weight excluding hydrogens is 440 g/mol. The first kappa shape index (κ1) is 25.1. The zero-order chi connectivity index (χ0) is 22.1. The van der Waals surface area contributed by atoms with E-state index in [0.29, 0.717) is 12.1 Å². The maximum absolute atomic E-state index is 13.3. The molecule has 0 saturated heterocycles. The minimum atomic E-state index is -1.12. The van der Waals surface area contributed by atoms with Crippen LogP contribution in [0.2, 0.25) is 0 Å². The highest BCUT2D eigenvalue weighted by Crippen LogP contribution is 2.21. The summed E-state index contributed by atoms with van der Waals surface area (Å²) in [6.45, 7) is 9.19. The number of benzene rings is 1. The summed E-state index contributed by atoms with van der Waals surface area (Å²) in [5.41, 5.74) is 0.476. The van der Waals surface area contributed by atoms with E-state index in [-0.39, 0.29) is 18.4 Å². The fourth-order valence-corrected chi connectivity index (χ4v) is 3.20. The molecule has 7 nitrogen and oxygen atoms in total. The van der Waals surface area contributed by atoms with E-state index in [1.54, 1.807) is 31.2 Å². The molecule has 0 bridgehead atoms. The van der Waals surface area contributed by atoms with Crippen LogP contribution in [0, 0.1) is 11.8 Å². The zero-order valence-electron chi connectivity index (χ0n) is 17.6. The molecule has 0 aromatic heterocycles. The van der Waals surface area contributed by atoms with E-state index >= 15 is 0 Å². The van der Waals surface area contributed by atoms with Gasteiger partial charge in [0.15, 0.2) is 0 Å². The first-order valence-corrected chi connectivity index (χ1v) is 10.6. The highest BCUT2D eigenvalue weighted by molar-refractivity contribution is 9.10. The van der Waals surface area contributed by atoms with E-state index in [1.165, 1.54) is 4.90 Å². The molecule has 29 heavy (non-hydrogen) atoms. The van der Waals surface area contributed by atoms with E-state index in [1.807, 2.05) is 27.7 Å². The summed E-state index contributed by atoms with van der Waals surface area (Å²) in [4.78, 5) is 38.4. The number of carbonyl (C=O) groups excluding carboxylic acids is 2. The van der Waals surface area contributed by atoms with Gasteiger partial charge in [0, 0.05) is 10.2 Å². The van der Waals surface area contributed by atoms with Crippen LogP contribution < -0.4 is 10.2 Å². The Morgan fingerprint density at radius 1 is 1.14 bits per heavy atom. The lowest BCUT2D eigenvalue weighted by molar-refractivity contribution is -0.146. The third-order valence-corrected chi connectivity index (χ3v) is 4.82. The number of esters is 1. The molecule has 1 aromatic rings. The molecule has 1 amide bonds. The van der Waals surface area contributed by atoms with Crippen molar-refractivity contribution in [3.05, 3.63) is 28.7 Å². The Balaban J connectivity index is 3.19. The van der Waals surface area contributed by atoms with Gasteiger partial charge in [0.2, 0.25) is 5.91 Å². The summed E-state index contributed by atoms with van der Waals surface area (Å²) in [6, 6.07) is 5.46. The molecule has 1 rings (SSSR count). The molecule has 0 aliphatic heterocycles. The van der Waals surface area contributed by atoms with Crippen LogP contribution in [-0.4, -0.2) is 48.2 Å². The summed E-state index contributed by atoms with van der Waals surface area (Å²) in [6.07, 6.45) is 0.506. The average Bonchev–Trinajstić information content (AvgIpc) is 2.62. The number of ether oxygens (including phenoxy) is 1. The van der Waals surface area contributed by atoms with Crippen LogP contribution in [0.1, 0.15) is 41.0 Å². The fraction of sp³-hybridized carbons (Fsp3) is 0.571. The van der Waals surface area contributed by atoms with E-state index in [9.17, 15) is 19.5 Å². The highest BCUT2D eigenvalue weighted by atomic mass is 79.9. The summed E-state index contributed by atoms with van der Waals surface area (Å²) < 4.78 is 5.98. The Kier molecular flexibility index (Phi) is 10.3. The quantitative estimate of drug-likeness (QED) is 0.480. The van der Waals surface area contributed by atoms with Crippen molar-refractivity contribution in [2.24, 2.45) is 11.8 Å². The zero-order valence-corrected chi connectivity index (χ0v) is 19.2. The van der Waals surface area contributed by atoms with Gasteiger partial charge < -0.3 is 9.84 Å². The minimum absolute atomic E-state index is 0.168. The van der Waals surface area contributed by atoms with Crippen molar-refractivity contribution in [1.29, 1.82) is 0 Å². The van der Waals surface area contributed by atoms with Crippen LogP contribution in [0.15, 0.2) is 28.7 Å². The van der Waals surface area contributed by atoms with Crippen molar-refractivity contribution in [1.82, 2.24) is 5.32 Å². The number of rotatable bonds is 11. The highest BCUT2D eigenvalue weighted by Gasteiger charge is 2.33. The van der Waals surface area contributed by atoms with E-state index in [2.05, 4.69) is 21.2 Å². The van der Waals surface area contributed by atoms with Crippen molar-refractivity contribution in [3.63, 3.8) is 0 Å². The van der Waals surface area contributed by atoms with Gasteiger partial charge >= 0.3 is 11.9 Å². The summed E-state index contributed by atoms with van der Waals surface area (Å²) in [5.74, 6) is -1.89. The van der Waals surface area contributed by atoms with Crippen LogP contribution in [0.3, 0.4) is 0 Å². The van der Waals surface area contributed by atoms with Gasteiger partial charge in [0.05, 0.1) is 12.6 Å². The third kappa shape index (κ3) is 8.14. The molecule has 0 aliphatic rings. The molecule has 2 atom stereocenters. The molecule has 0 saturated carbocycles. The molecule has 0 unspecified atom stereocenters. The number of nitrogens with zero attached hydrogens (tertiary/aromatic N) is 1. The Hall–Kier alpha value is -1.93. The summed E-state index contributed by atoms with van der Waals surface area (Å²) in [7, 11) is 0. The van der Waals surface area contributed by atoms with Crippen LogP contribution in [-0.2, 0) is 19.1 Å². The first-order valence-electron chi connectivity index (χ1n) is 9.78. The first-order chi connectivity index (χ1) is 13.6. The summed E-state index contributed by atoms with van der Waals surface area (Å²) in [5, 5.41) is 12.5. The van der Waals surface area contributed by atoms with Gasteiger partial charge in [-0.25, -0.2) is 0 Å². The van der Waals surface area contributed by atoms with E-state index in [4.69, 9.17) is 4.74 Å². The number of aliphatic carboxylic acids is 1. The molecule has 162 valence electrons. The fourth-order valence-electron chi connectivity index (χ4n) is 2.93. The van der Waals surface area contributed by atoms with Crippen LogP contribution in [0.5, 0.6) is 0 Å². The topological polar surface area (TPSA) is 95.9 Å². The second-order valence-corrected chi connectivity index (χ2v) is 8.53. The molecule has 0 aliphatic carbocycles. The monoisotopic (exact) mass is 470 g/mol. The molecular formula is C21H31BrN2O5. The average molecular weight is 471 g/mol.